The fourth-order valence-electron chi connectivity index (χ4n) is 1.31. The number of benzene rings is 1. The lowest BCUT2D eigenvalue weighted by Crippen LogP contribution is -2.10. The third-order valence-corrected chi connectivity index (χ3v) is 2.89. The Morgan fingerprint density at radius 2 is 2.00 bits per heavy atom. The number of carboxylic acids is 1. The van der Waals surface area contributed by atoms with E-state index >= 15 is 0 Å². The summed E-state index contributed by atoms with van der Waals surface area (Å²) in [6.07, 6.45) is -4.90. The molecule has 0 aromatic heterocycles. The second-order valence-electron chi connectivity index (χ2n) is 3.32. The predicted molar refractivity (Wildman–Crippen MR) is 55.2 cm³/mol. The molecule has 0 aliphatic rings. The molecule has 0 aliphatic carbocycles. The van der Waals surface area contributed by atoms with E-state index in [1.165, 1.54) is 13.0 Å². The average molecular weight is 297 g/mol. The molecule has 0 atom stereocenters. The maximum Gasteiger partial charge on any atom is 0.416 e. The molecule has 0 aliphatic heterocycles. The van der Waals surface area contributed by atoms with Crippen LogP contribution in [0.1, 0.15) is 16.7 Å². The van der Waals surface area contributed by atoms with Crippen LogP contribution in [0.25, 0.3) is 0 Å². The molecule has 2 nitrogen and oxygen atoms in total. The summed E-state index contributed by atoms with van der Waals surface area (Å²) in [5.41, 5.74) is -0.628. The highest BCUT2D eigenvalue weighted by atomic mass is 79.9. The van der Waals surface area contributed by atoms with Gasteiger partial charge in [-0.2, -0.15) is 13.2 Å². The van der Waals surface area contributed by atoms with Crippen LogP contribution in [-0.2, 0) is 17.4 Å². The minimum absolute atomic E-state index is 0.0571. The molecule has 1 rings (SSSR count). The van der Waals surface area contributed by atoms with Gasteiger partial charge < -0.3 is 5.11 Å². The highest BCUT2D eigenvalue weighted by Gasteiger charge is 2.33. The number of halogens is 4. The number of hydrogen-bond acceptors (Lipinski definition) is 1. The third kappa shape index (κ3) is 2.98. The van der Waals surface area contributed by atoms with Gasteiger partial charge in [0.05, 0.1) is 12.0 Å². The zero-order chi connectivity index (χ0) is 12.5. The van der Waals surface area contributed by atoms with Crippen molar-refractivity contribution in [3.8, 4) is 0 Å². The molecule has 0 spiro atoms. The van der Waals surface area contributed by atoms with Crippen molar-refractivity contribution < 1.29 is 23.1 Å². The SMILES string of the molecule is Cc1c(Br)cc(CC(=O)O)cc1C(F)(F)F. The van der Waals surface area contributed by atoms with Crippen molar-refractivity contribution in [3.05, 3.63) is 33.3 Å². The van der Waals surface area contributed by atoms with Crippen molar-refractivity contribution in [2.75, 3.05) is 0 Å². The van der Waals surface area contributed by atoms with Gasteiger partial charge in [-0.25, -0.2) is 0 Å². The third-order valence-electron chi connectivity index (χ3n) is 2.06. The van der Waals surface area contributed by atoms with Crippen LogP contribution in [-0.4, -0.2) is 11.1 Å². The Morgan fingerprint density at radius 3 is 2.44 bits per heavy atom. The van der Waals surface area contributed by atoms with E-state index in [4.69, 9.17) is 5.11 Å². The Bertz CT molecular complexity index is 427. The van der Waals surface area contributed by atoms with Gasteiger partial charge in [-0.05, 0) is 30.2 Å². The van der Waals surface area contributed by atoms with E-state index in [9.17, 15) is 18.0 Å². The molecule has 0 saturated heterocycles. The van der Waals surface area contributed by atoms with E-state index in [0.717, 1.165) is 6.07 Å². The summed E-state index contributed by atoms with van der Waals surface area (Å²) in [4.78, 5) is 10.4. The largest absolute Gasteiger partial charge is 0.481 e. The lowest BCUT2D eigenvalue weighted by Gasteiger charge is -2.13. The number of aliphatic carboxylic acids is 1. The fraction of sp³-hybridized carbons (Fsp3) is 0.300. The molecule has 0 unspecified atom stereocenters. The summed E-state index contributed by atoms with van der Waals surface area (Å²) in [7, 11) is 0. The minimum Gasteiger partial charge on any atom is -0.481 e. The maximum absolute atomic E-state index is 12.6. The van der Waals surface area contributed by atoms with E-state index in [-0.39, 0.29) is 15.6 Å². The molecular formula is C10H8BrF3O2. The Hall–Kier alpha value is -1.04. The van der Waals surface area contributed by atoms with Crippen molar-refractivity contribution in [3.63, 3.8) is 0 Å². The second-order valence-corrected chi connectivity index (χ2v) is 4.17. The van der Waals surface area contributed by atoms with Gasteiger partial charge in [-0.3, -0.25) is 4.79 Å². The molecule has 0 bridgehead atoms. The summed E-state index contributed by atoms with van der Waals surface area (Å²) < 4.78 is 38.0. The van der Waals surface area contributed by atoms with Gasteiger partial charge in [0.1, 0.15) is 0 Å². The topological polar surface area (TPSA) is 37.3 Å². The van der Waals surface area contributed by atoms with Crippen LogP contribution >= 0.6 is 15.9 Å². The van der Waals surface area contributed by atoms with Crippen molar-refractivity contribution in [1.29, 1.82) is 0 Å². The number of alkyl halides is 3. The van der Waals surface area contributed by atoms with E-state index in [2.05, 4.69) is 15.9 Å². The zero-order valence-corrected chi connectivity index (χ0v) is 9.82. The lowest BCUT2D eigenvalue weighted by atomic mass is 10.0. The standard InChI is InChI=1S/C10H8BrF3O2/c1-5-7(10(12,13)14)2-6(3-8(5)11)4-9(15)16/h2-3H,4H2,1H3,(H,15,16). The molecule has 0 heterocycles. The summed E-state index contributed by atoms with van der Waals surface area (Å²) in [6, 6.07) is 2.26. The smallest absolute Gasteiger partial charge is 0.416 e. The van der Waals surface area contributed by atoms with Crippen molar-refractivity contribution in [2.45, 2.75) is 19.5 Å². The Labute approximate surface area is 98.2 Å². The second kappa shape index (κ2) is 4.45. The number of carboxylic acid groups (broad SMARTS) is 1. The summed E-state index contributed by atoms with van der Waals surface area (Å²) in [5.74, 6) is -1.16. The quantitative estimate of drug-likeness (QED) is 0.908. The molecule has 1 aromatic carbocycles. The van der Waals surface area contributed by atoms with E-state index < -0.39 is 24.1 Å². The molecule has 0 fully saturated rings. The monoisotopic (exact) mass is 296 g/mol. The minimum atomic E-state index is -4.47. The first-order chi connectivity index (χ1) is 7.21. The molecule has 1 aromatic rings. The van der Waals surface area contributed by atoms with Crippen LogP contribution in [0.3, 0.4) is 0 Å². The van der Waals surface area contributed by atoms with Gasteiger partial charge in [0.15, 0.2) is 0 Å². The molecule has 0 radical (unpaired) electrons. The Kier molecular flexibility index (Phi) is 3.62. The van der Waals surface area contributed by atoms with E-state index in [1.54, 1.807) is 0 Å². The van der Waals surface area contributed by atoms with Crippen LogP contribution in [0.15, 0.2) is 16.6 Å². The number of carbonyl (C=O) groups is 1. The zero-order valence-electron chi connectivity index (χ0n) is 8.23. The molecule has 1 N–H and O–H groups in total. The lowest BCUT2D eigenvalue weighted by molar-refractivity contribution is -0.139. The molecule has 6 heteroatoms. The Balaban J connectivity index is 3.28. The van der Waals surface area contributed by atoms with Crippen LogP contribution in [0.5, 0.6) is 0 Å². The van der Waals surface area contributed by atoms with Gasteiger partial charge in [0.25, 0.3) is 0 Å². The highest BCUT2D eigenvalue weighted by Crippen LogP contribution is 2.35. The van der Waals surface area contributed by atoms with Crippen molar-refractivity contribution in [1.82, 2.24) is 0 Å². The van der Waals surface area contributed by atoms with Crippen molar-refractivity contribution in [2.24, 2.45) is 0 Å². The van der Waals surface area contributed by atoms with Gasteiger partial charge in [-0.15, -0.1) is 0 Å². The van der Waals surface area contributed by atoms with E-state index in [0.29, 0.717) is 0 Å². The first-order valence-corrected chi connectivity index (χ1v) is 5.09. The molecule has 16 heavy (non-hydrogen) atoms. The van der Waals surface area contributed by atoms with Gasteiger partial charge in [0.2, 0.25) is 0 Å². The predicted octanol–water partition coefficient (Wildman–Crippen LogP) is 3.40. The fourth-order valence-corrected chi connectivity index (χ4v) is 1.81. The number of hydrogen-bond donors (Lipinski definition) is 1. The van der Waals surface area contributed by atoms with Crippen LogP contribution in [0, 0.1) is 6.92 Å². The van der Waals surface area contributed by atoms with Gasteiger partial charge >= 0.3 is 12.1 Å². The van der Waals surface area contributed by atoms with Gasteiger partial charge in [-0.1, -0.05) is 15.9 Å². The van der Waals surface area contributed by atoms with Crippen molar-refractivity contribution >= 4 is 21.9 Å². The van der Waals surface area contributed by atoms with Crippen LogP contribution in [0.2, 0.25) is 0 Å². The maximum atomic E-state index is 12.6. The molecule has 0 saturated carbocycles. The Morgan fingerprint density at radius 1 is 1.44 bits per heavy atom. The summed E-state index contributed by atoms with van der Waals surface area (Å²) >= 11 is 2.99. The van der Waals surface area contributed by atoms with Crippen LogP contribution in [0.4, 0.5) is 13.2 Å². The summed E-state index contributed by atoms with van der Waals surface area (Å²) in [6.45, 7) is 1.33. The summed E-state index contributed by atoms with van der Waals surface area (Å²) in [5, 5.41) is 8.52. The van der Waals surface area contributed by atoms with Crippen LogP contribution < -0.4 is 0 Å². The molecule has 0 amide bonds. The van der Waals surface area contributed by atoms with Gasteiger partial charge in [0, 0.05) is 4.47 Å². The molecular weight excluding hydrogens is 289 g/mol. The number of rotatable bonds is 2. The highest BCUT2D eigenvalue weighted by molar-refractivity contribution is 9.10. The normalized spacial score (nSPS) is 11.6. The van der Waals surface area contributed by atoms with E-state index in [1.807, 2.05) is 0 Å². The molecule has 88 valence electrons. The first kappa shape index (κ1) is 13.0. The first-order valence-electron chi connectivity index (χ1n) is 4.30. The average Bonchev–Trinajstić information content (AvgIpc) is 2.08.